The molecular weight excluding hydrogens is 348 g/mol. The highest BCUT2D eigenvalue weighted by Crippen LogP contribution is 2.34. The number of fused-ring (bicyclic) bond motifs is 1. The minimum atomic E-state index is -0.00817. The van der Waals surface area contributed by atoms with Crippen LogP contribution in [-0.2, 0) is 14.3 Å². The van der Waals surface area contributed by atoms with E-state index in [0.29, 0.717) is 38.0 Å². The minimum Gasteiger partial charge on any atom is -0.378 e. The molecule has 0 unspecified atom stereocenters. The number of ether oxygens (including phenoxy) is 1. The number of benzene rings is 1. The molecule has 1 heterocycles. The third kappa shape index (κ3) is 5.48. The summed E-state index contributed by atoms with van der Waals surface area (Å²) in [6.45, 7) is 1.77. The van der Waals surface area contributed by atoms with Crippen LogP contribution in [0.2, 0.25) is 0 Å². The smallest absolute Gasteiger partial charge is 0.237 e. The van der Waals surface area contributed by atoms with Crippen LogP contribution in [0.5, 0.6) is 0 Å². The lowest BCUT2D eigenvalue weighted by Gasteiger charge is -2.28. The van der Waals surface area contributed by atoms with Crippen molar-refractivity contribution in [2.75, 3.05) is 30.3 Å². The first-order valence-electron chi connectivity index (χ1n) is 9.64. The second-order valence-electron chi connectivity index (χ2n) is 6.89. The summed E-state index contributed by atoms with van der Waals surface area (Å²) in [5, 5.41) is 2.94. The molecule has 0 saturated heterocycles. The van der Waals surface area contributed by atoms with Gasteiger partial charge in [-0.2, -0.15) is 0 Å². The normalized spacial score (nSPS) is 17.8. The van der Waals surface area contributed by atoms with Crippen LogP contribution in [-0.4, -0.2) is 43.4 Å². The van der Waals surface area contributed by atoms with Crippen molar-refractivity contribution >= 4 is 29.3 Å². The van der Waals surface area contributed by atoms with Crippen molar-refractivity contribution in [2.45, 2.75) is 55.9 Å². The van der Waals surface area contributed by atoms with Crippen molar-refractivity contribution in [1.82, 2.24) is 5.32 Å². The van der Waals surface area contributed by atoms with E-state index in [2.05, 4.69) is 5.32 Å². The predicted molar refractivity (Wildman–Crippen MR) is 105 cm³/mol. The average Bonchev–Trinajstić information content (AvgIpc) is 2.68. The number of nitrogens with one attached hydrogen (secondary N) is 1. The largest absolute Gasteiger partial charge is 0.378 e. The van der Waals surface area contributed by atoms with Gasteiger partial charge in [-0.05, 0) is 31.4 Å². The van der Waals surface area contributed by atoms with E-state index in [1.54, 1.807) is 16.7 Å². The second kappa shape index (κ2) is 9.97. The van der Waals surface area contributed by atoms with Gasteiger partial charge < -0.3 is 15.0 Å². The first-order chi connectivity index (χ1) is 12.7. The van der Waals surface area contributed by atoms with Crippen LogP contribution in [0, 0.1) is 0 Å². The molecular formula is C20H28N2O3S. The monoisotopic (exact) mass is 376 g/mol. The van der Waals surface area contributed by atoms with Gasteiger partial charge in [0.05, 0.1) is 17.5 Å². The molecule has 0 atom stereocenters. The van der Waals surface area contributed by atoms with Crippen molar-refractivity contribution in [3.63, 3.8) is 0 Å². The summed E-state index contributed by atoms with van der Waals surface area (Å²) in [7, 11) is 0. The average molecular weight is 377 g/mol. The third-order valence-corrected chi connectivity index (χ3v) is 5.97. The van der Waals surface area contributed by atoms with Crippen LogP contribution in [0.3, 0.4) is 0 Å². The number of carbonyl (C=O) groups excluding carboxylic acids is 2. The number of thioether (sulfide) groups is 1. The Morgan fingerprint density at radius 2 is 2.04 bits per heavy atom. The number of amides is 2. The van der Waals surface area contributed by atoms with Crippen molar-refractivity contribution < 1.29 is 14.3 Å². The van der Waals surface area contributed by atoms with Gasteiger partial charge >= 0.3 is 0 Å². The van der Waals surface area contributed by atoms with E-state index >= 15 is 0 Å². The molecule has 26 heavy (non-hydrogen) atoms. The maximum absolute atomic E-state index is 12.2. The minimum absolute atomic E-state index is 0.00817. The van der Waals surface area contributed by atoms with Gasteiger partial charge in [-0.3, -0.25) is 9.59 Å². The summed E-state index contributed by atoms with van der Waals surface area (Å²) in [6.07, 6.45) is 7.82. The number of carbonyl (C=O) groups is 2. The van der Waals surface area contributed by atoms with Crippen LogP contribution in [0.1, 0.15) is 44.9 Å². The first-order valence-corrected chi connectivity index (χ1v) is 10.6. The van der Waals surface area contributed by atoms with E-state index in [9.17, 15) is 9.59 Å². The Balaban J connectivity index is 1.33. The summed E-state index contributed by atoms with van der Waals surface area (Å²) in [6, 6.07) is 7.87. The van der Waals surface area contributed by atoms with Crippen molar-refractivity contribution in [3.8, 4) is 0 Å². The highest BCUT2D eigenvalue weighted by atomic mass is 32.2. The molecule has 3 rings (SSSR count). The molecule has 1 N–H and O–H groups in total. The highest BCUT2D eigenvalue weighted by molar-refractivity contribution is 8.00. The number of nitrogens with zero attached hydrogens (tertiary/aromatic N) is 1. The molecule has 0 spiro atoms. The van der Waals surface area contributed by atoms with E-state index in [4.69, 9.17) is 4.74 Å². The molecule has 1 fully saturated rings. The summed E-state index contributed by atoms with van der Waals surface area (Å²) in [4.78, 5) is 27.1. The maximum atomic E-state index is 12.2. The zero-order valence-corrected chi connectivity index (χ0v) is 16.1. The fourth-order valence-electron chi connectivity index (χ4n) is 3.48. The standard InChI is InChI=1S/C20H28N2O3S/c23-19(21-12-6-14-25-16-7-2-1-3-8-16)11-13-22-17-9-4-5-10-18(17)26-15-20(22)24/h4-5,9-10,16H,1-3,6-8,11-15H2,(H,21,23). The lowest BCUT2D eigenvalue weighted by Crippen LogP contribution is -2.38. The van der Waals surface area contributed by atoms with Gasteiger partial charge in [0.2, 0.25) is 11.8 Å². The first kappa shape index (κ1) is 19.2. The summed E-state index contributed by atoms with van der Waals surface area (Å²) in [5.74, 6) is 0.505. The maximum Gasteiger partial charge on any atom is 0.237 e. The van der Waals surface area contributed by atoms with E-state index < -0.39 is 0 Å². The van der Waals surface area contributed by atoms with E-state index in [0.717, 1.165) is 17.0 Å². The zero-order chi connectivity index (χ0) is 18.2. The van der Waals surface area contributed by atoms with Crippen LogP contribution < -0.4 is 10.2 Å². The van der Waals surface area contributed by atoms with Crippen LogP contribution in [0.15, 0.2) is 29.2 Å². The molecule has 1 aromatic rings. The number of para-hydroxylation sites is 1. The highest BCUT2D eigenvalue weighted by Gasteiger charge is 2.24. The second-order valence-corrected chi connectivity index (χ2v) is 7.90. The van der Waals surface area contributed by atoms with E-state index in [1.807, 2.05) is 24.3 Å². The summed E-state index contributed by atoms with van der Waals surface area (Å²) in [5.41, 5.74) is 0.919. The van der Waals surface area contributed by atoms with Gasteiger partial charge in [-0.15, -0.1) is 11.8 Å². The molecule has 2 amide bonds. The van der Waals surface area contributed by atoms with Crippen LogP contribution in [0.4, 0.5) is 5.69 Å². The quantitative estimate of drug-likeness (QED) is 0.707. The zero-order valence-electron chi connectivity index (χ0n) is 15.2. The Bertz CT molecular complexity index is 617. The molecule has 0 aromatic heterocycles. The third-order valence-electron chi connectivity index (χ3n) is 4.92. The fraction of sp³-hybridized carbons (Fsp3) is 0.600. The molecule has 1 aromatic carbocycles. The number of anilines is 1. The lowest BCUT2D eigenvalue weighted by atomic mass is 9.98. The van der Waals surface area contributed by atoms with Gasteiger partial charge in [0.25, 0.3) is 0 Å². The Morgan fingerprint density at radius 3 is 2.88 bits per heavy atom. The van der Waals surface area contributed by atoms with Gasteiger partial charge in [-0.25, -0.2) is 0 Å². The molecule has 5 nitrogen and oxygen atoms in total. The molecule has 2 aliphatic rings. The van der Waals surface area contributed by atoms with Crippen molar-refractivity contribution in [1.29, 1.82) is 0 Å². The van der Waals surface area contributed by atoms with Crippen LogP contribution >= 0.6 is 11.8 Å². The van der Waals surface area contributed by atoms with Gasteiger partial charge in [0.1, 0.15) is 0 Å². The SMILES string of the molecule is O=C(CCN1C(=O)CSc2ccccc21)NCCCOC1CCCCC1. The van der Waals surface area contributed by atoms with E-state index in [1.165, 1.54) is 32.1 Å². The Labute approximate surface area is 159 Å². The Hall–Kier alpha value is -1.53. The van der Waals surface area contributed by atoms with E-state index in [-0.39, 0.29) is 11.8 Å². The molecule has 0 radical (unpaired) electrons. The summed E-state index contributed by atoms with van der Waals surface area (Å²) < 4.78 is 5.87. The Kier molecular flexibility index (Phi) is 7.38. The number of rotatable bonds is 8. The number of hydrogen-bond donors (Lipinski definition) is 1. The molecule has 142 valence electrons. The van der Waals surface area contributed by atoms with Gasteiger partial charge in [0, 0.05) is 31.0 Å². The topological polar surface area (TPSA) is 58.6 Å². The molecule has 6 heteroatoms. The van der Waals surface area contributed by atoms with Crippen LogP contribution in [0.25, 0.3) is 0 Å². The lowest BCUT2D eigenvalue weighted by molar-refractivity contribution is -0.121. The predicted octanol–water partition coefficient (Wildman–Crippen LogP) is 3.37. The summed E-state index contributed by atoms with van der Waals surface area (Å²) >= 11 is 1.56. The van der Waals surface area contributed by atoms with Gasteiger partial charge in [-0.1, -0.05) is 31.4 Å². The fourth-order valence-corrected chi connectivity index (χ4v) is 4.42. The number of hydrogen-bond acceptors (Lipinski definition) is 4. The Morgan fingerprint density at radius 1 is 1.23 bits per heavy atom. The van der Waals surface area contributed by atoms with Crippen molar-refractivity contribution in [2.24, 2.45) is 0 Å². The molecule has 1 aliphatic heterocycles. The molecule has 1 saturated carbocycles. The van der Waals surface area contributed by atoms with Gasteiger partial charge in [0.15, 0.2) is 0 Å². The molecule has 1 aliphatic carbocycles. The van der Waals surface area contributed by atoms with Crippen molar-refractivity contribution in [3.05, 3.63) is 24.3 Å². The molecule has 0 bridgehead atoms.